The lowest BCUT2D eigenvalue weighted by Crippen LogP contribution is -2.25. The molecule has 0 radical (unpaired) electrons. The van der Waals surface area contributed by atoms with Gasteiger partial charge in [-0.05, 0) is 24.6 Å². The molecule has 1 aromatic rings. The van der Waals surface area contributed by atoms with Crippen LogP contribution >= 0.6 is 0 Å². The number of methoxy groups -OCH3 is 2. The molecule has 1 rings (SSSR count). The van der Waals surface area contributed by atoms with Gasteiger partial charge in [0.25, 0.3) is 0 Å². The maximum absolute atomic E-state index is 11.8. The van der Waals surface area contributed by atoms with Gasteiger partial charge >= 0.3 is 18.0 Å². The van der Waals surface area contributed by atoms with Crippen molar-refractivity contribution in [2.45, 2.75) is 13.3 Å². The van der Waals surface area contributed by atoms with Crippen molar-refractivity contribution in [1.82, 2.24) is 5.32 Å². The van der Waals surface area contributed by atoms with Crippen molar-refractivity contribution in [3.05, 3.63) is 41.6 Å². The van der Waals surface area contributed by atoms with Crippen molar-refractivity contribution in [3.8, 4) is 0 Å². The Morgan fingerprint density at radius 1 is 1.14 bits per heavy atom. The number of benzene rings is 1. The maximum Gasteiger partial charge on any atom is 0.339 e. The predicted molar refractivity (Wildman–Crippen MR) is 80.7 cm³/mol. The molecule has 0 unspecified atom stereocenters. The van der Waals surface area contributed by atoms with E-state index >= 15 is 0 Å². The van der Waals surface area contributed by atoms with E-state index in [4.69, 9.17) is 0 Å². The number of carbonyl (C=O) groups is 3. The number of allylic oxidation sites excluding steroid dienone is 1. The van der Waals surface area contributed by atoms with Crippen molar-refractivity contribution >= 4 is 23.7 Å². The lowest BCUT2D eigenvalue weighted by atomic mass is 10.1. The molecule has 0 saturated heterocycles. The number of urea groups is 1. The van der Waals surface area contributed by atoms with Gasteiger partial charge in [-0.1, -0.05) is 13.0 Å². The summed E-state index contributed by atoms with van der Waals surface area (Å²) in [5, 5.41) is 4.97. The van der Waals surface area contributed by atoms with Gasteiger partial charge in [0.1, 0.15) is 0 Å². The standard InChI is InChI=1S/C15H18N2O5/c1-4-5-8-16-15(20)17-12-9-10(13(18)21-2)6-7-11(12)14(19)22-3/h5-9H,4H2,1-3H3,(H2,16,17,20)/b8-5+. The van der Waals surface area contributed by atoms with E-state index in [1.165, 1.54) is 38.6 Å². The molecule has 1 aromatic carbocycles. The van der Waals surface area contributed by atoms with Gasteiger partial charge in [-0.15, -0.1) is 0 Å². The van der Waals surface area contributed by atoms with E-state index in [-0.39, 0.29) is 16.8 Å². The minimum absolute atomic E-state index is 0.129. The molecule has 118 valence electrons. The molecule has 7 nitrogen and oxygen atoms in total. The summed E-state index contributed by atoms with van der Waals surface area (Å²) in [5.74, 6) is -1.21. The second-order valence-corrected chi connectivity index (χ2v) is 4.15. The number of hydrogen-bond acceptors (Lipinski definition) is 5. The monoisotopic (exact) mass is 306 g/mol. The van der Waals surface area contributed by atoms with Crippen molar-refractivity contribution in [1.29, 1.82) is 0 Å². The number of hydrogen-bond donors (Lipinski definition) is 2. The predicted octanol–water partition coefficient (Wildman–Crippen LogP) is 2.31. The molecule has 0 aliphatic heterocycles. The van der Waals surface area contributed by atoms with E-state index in [0.29, 0.717) is 0 Å². The number of anilines is 1. The van der Waals surface area contributed by atoms with Gasteiger partial charge in [-0.2, -0.15) is 0 Å². The molecule has 7 heteroatoms. The van der Waals surface area contributed by atoms with E-state index in [1.54, 1.807) is 6.08 Å². The van der Waals surface area contributed by atoms with Crippen LogP contribution in [-0.4, -0.2) is 32.2 Å². The molecule has 0 heterocycles. The van der Waals surface area contributed by atoms with Gasteiger partial charge in [0.15, 0.2) is 0 Å². The Balaban J connectivity index is 3.06. The summed E-state index contributed by atoms with van der Waals surface area (Å²) >= 11 is 0. The van der Waals surface area contributed by atoms with Gasteiger partial charge < -0.3 is 20.1 Å². The molecule has 0 bridgehead atoms. The number of amides is 2. The van der Waals surface area contributed by atoms with E-state index in [2.05, 4.69) is 20.1 Å². The van der Waals surface area contributed by atoms with Gasteiger partial charge in [0.2, 0.25) is 0 Å². The quantitative estimate of drug-likeness (QED) is 0.814. The van der Waals surface area contributed by atoms with Gasteiger partial charge in [0, 0.05) is 6.20 Å². The van der Waals surface area contributed by atoms with Crippen molar-refractivity contribution in [3.63, 3.8) is 0 Å². The molecule has 0 fully saturated rings. The lowest BCUT2D eigenvalue weighted by molar-refractivity contribution is 0.0587. The molecule has 2 amide bonds. The second-order valence-electron chi connectivity index (χ2n) is 4.15. The van der Waals surface area contributed by atoms with E-state index < -0.39 is 18.0 Å². The SMILES string of the molecule is CC/C=C/NC(=O)Nc1cc(C(=O)OC)ccc1C(=O)OC. The fraction of sp³-hybridized carbons (Fsp3) is 0.267. The van der Waals surface area contributed by atoms with Crippen LogP contribution in [0.4, 0.5) is 10.5 Å². The Morgan fingerprint density at radius 2 is 1.82 bits per heavy atom. The Labute approximate surface area is 128 Å². The highest BCUT2D eigenvalue weighted by Crippen LogP contribution is 2.19. The van der Waals surface area contributed by atoms with Crippen LogP contribution in [0.5, 0.6) is 0 Å². The van der Waals surface area contributed by atoms with Crippen LogP contribution in [0.3, 0.4) is 0 Å². The Bertz CT molecular complexity index is 596. The summed E-state index contributed by atoms with van der Waals surface area (Å²) in [6.07, 6.45) is 4.01. The normalized spacial score (nSPS) is 10.1. The summed E-state index contributed by atoms with van der Waals surface area (Å²) in [7, 11) is 2.47. The first kappa shape index (κ1) is 17.2. The minimum atomic E-state index is -0.629. The van der Waals surface area contributed by atoms with Crippen molar-refractivity contribution in [2.75, 3.05) is 19.5 Å². The number of carbonyl (C=O) groups excluding carboxylic acids is 3. The zero-order valence-corrected chi connectivity index (χ0v) is 12.6. The number of esters is 2. The maximum atomic E-state index is 11.8. The average Bonchev–Trinajstić information content (AvgIpc) is 2.53. The molecule has 2 N–H and O–H groups in total. The third-order valence-corrected chi connectivity index (χ3v) is 2.66. The lowest BCUT2D eigenvalue weighted by Gasteiger charge is -2.11. The largest absolute Gasteiger partial charge is 0.465 e. The number of ether oxygens (including phenoxy) is 2. The van der Waals surface area contributed by atoms with E-state index in [1.807, 2.05) is 6.92 Å². The summed E-state index contributed by atoms with van der Waals surface area (Å²) in [4.78, 5) is 35.0. The first-order valence-corrected chi connectivity index (χ1v) is 6.56. The Morgan fingerprint density at radius 3 is 2.41 bits per heavy atom. The highest BCUT2D eigenvalue weighted by Gasteiger charge is 2.16. The van der Waals surface area contributed by atoms with E-state index in [9.17, 15) is 14.4 Å². The van der Waals surface area contributed by atoms with Gasteiger partial charge in [-0.3, -0.25) is 0 Å². The molecule has 0 aromatic heterocycles. The molecule has 0 atom stereocenters. The van der Waals surface area contributed by atoms with Gasteiger partial charge in [0.05, 0.1) is 31.0 Å². The Hall–Kier alpha value is -2.83. The zero-order valence-electron chi connectivity index (χ0n) is 12.6. The third-order valence-electron chi connectivity index (χ3n) is 2.66. The van der Waals surface area contributed by atoms with Crippen LogP contribution in [0.1, 0.15) is 34.1 Å². The Kier molecular flexibility index (Phi) is 6.62. The minimum Gasteiger partial charge on any atom is -0.465 e. The summed E-state index contributed by atoms with van der Waals surface area (Å²) in [6, 6.07) is 3.60. The average molecular weight is 306 g/mol. The van der Waals surface area contributed by atoms with Crippen LogP contribution in [0, 0.1) is 0 Å². The molecule has 0 aliphatic carbocycles. The molecule has 0 saturated carbocycles. The number of rotatable bonds is 5. The zero-order chi connectivity index (χ0) is 16.5. The van der Waals surface area contributed by atoms with Crippen LogP contribution < -0.4 is 10.6 Å². The van der Waals surface area contributed by atoms with Crippen LogP contribution in [0.2, 0.25) is 0 Å². The summed E-state index contributed by atoms with van der Waals surface area (Å²) in [6.45, 7) is 1.92. The molecular formula is C15H18N2O5. The molecule has 0 spiro atoms. The molecular weight excluding hydrogens is 288 g/mol. The third kappa shape index (κ3) is 4.62. The van der Waals surface area contributed by atoms with Crippen LogP contribution in [-0.2, 0) is 9.47 Å². The van der Waals surface area contributed by atoms with Crippen molar-refractivity contribution < 1.29 is 23.9 Å². The highest BCUT2D eigenvalue weighted by molar-refractivity contribution is 6.03. The molecule has 22 heavy (non-hydrogen) atoms. The topological polar surface area (TPSA) is 93.7 Å². The van der Waals surface area contributed by atoms with Crippen LogP contribution in [0.25, 0.3) is 0 Å². The van der Waals surface area contributed by atoms with Crippen molar-refractivity contribution in [2.24, 2.45) is 0 Å². The first-order valence-electron chi connectivity index (χ1n) is 6.56. The summed E-state index contributed by atoms with van der Waals surface area (Å²) in [5.41, 5.74) is 0.483. The smallest absolute Gasteiger partial charge is 0.339 e. The van der Waals surface area contributed by atoms with Crippen LogP contribution in [0.15, 0.2) is 30.5 Å². The summed E-state index contributed by atoms with van der Waals surface area (Å²) < 4.78 is 9.25. The fourth-order valence-corrected chi connectivity index (χ4v) is 1.59. The van der Waals surface area contributed by atoms with E-state index in [0.717, 1.165) is 6.42 Å². The first-order chi connectivity index (χ1) is 10.5. The highest BCUT2D eigenvalue weighted by atomic mass is 16.5. The molecule has 0 aliphatic rings. The second kappa shape index (κ2) is 8.46. The van der Waals surface area contributed by atoms with Gasteiger partial charge in [-0.25, -0.2) is 14.4 Å². The fourth-order valence-electron chi connectivity index (χ4n) is 1.59. The number of nitrogens with one attached hydrogen (secondary N) is 2.